The van der Waals surface area contributed by atoms with Crippen LogP contribution in [0, 0.1) is 11.6 Å². The Kier molecular flexibility index (Phi) is 8.82. The molecule has 5 heteroatoms. The first-order chi connectivity index (χ1) is 19.6. The van der Waals surface area contributed by atoms with Gasteiger partial charge in [-0.25, -0.2) is 8.78 Å². The smallest absolute Gasteiger partial charge is 0.185 e. The zero-order valence-electron chi connectivity index (χ0n) is 22.1. The molecule has 0 radical (unpaired) electrons. The molecular weight excluding hydrogens is 506 g/mol. The maximum Gasteiger partial charge on any atom is 0.185 e. The van der Waals surface area contributed by atoms with E-state index in [9.17, 15) is 13.6 Å². The van der Waals surface area contributed by atoms with E-state index in [2.05, 4.69) is 0 Å². The molecule has 4 aromatic rings. The zero-order chi connectivity index (χ0) is 27.7. The highest BCUT2D eigenvalue weighted by atomic mass is 19.1. The number of allylic oxidation sites excluding steroid dienone is 2. The van der Waals surface area contributed by atoms with E-state index in [1.54, 1.807) is 36.4 Å². The van der Waals surface area contributed by atoms with Crippen molar-refractivity contribution in [3.63, 3.8) is 0 Å². The van der Waals surface area contributed by atoms with E-state index in [4.69, 9.17) is 9.47 Å². The molecule has 0 atom stereocenters. The van der Waals surface area contributed by atoms with E-state index in [0.29, 0.717) is 35.1 Å². The second-order valence-corrected chi connectivity index (χ2v) is 9.74. The molecule has 0 spiro atoms. The SMILES string of the molecule is O=C1C(=Cc2cccc(F)c2OCc2ccccc2)CCCCC1=Cc1cccc(F)c1OCc1ccccc1. The number of ether oxygens (including phenoxy) is 2. The minimum atomic E-state index is -0.484. The Bertz CT molecular complexity index is 1410. The van der Waals surface area contributed by atoms with Crippen LogP contribution < -0.4 is 9.47 Å². The third-order valence-electron chi connectivity index (χ3n) is 6.83. The molecule has 202 valence electrons. The van der Waals surface area contributed by atoms with Gasteiger partial charge in [-0.1, -0.05) is 84.9 Å². The van der Waals surface area contributed by atoms with Crippen LogP contribution in [0.25, 0.3) is 12.2 Å². The van der Waals surface area contributed by atoms with E-state index in [0.717, 1.165) is 24.0 Å². The van der Waals surface area contributed by atoms with Crippen molar-refractivity contribution in [3.05, 3.63) is 142 Å². The Hall–Kier alpha value is -4.51. The average Bonchev–Trinajstić information content (AvgIpc) is 3.14. The van der Waals surface area contributed by atoms with Gasteiger partial charge >= 0.3 is 0 Å². The first kappa shape index (κ1) is 27.1. The summed E-state index contributed by atoms with van der Waals surface area (Å²) >= 11 is 0. The number of ketones is 1. The van der Waals surface area contributed by atoms with E-state index in [1.165, 1.54) is 12.1 Å². The fourth-order valence-electron chi connectivity index (χ4n) is 4.76. The van der Waals surface area contributed by atoms with E-state index in [1.807, 2.05) is 60.7 Å². The summed E-state index contributed by atoms with van der Waals surface area (Å²) in [5.41, 5.74) is 4.00. The highest BCUT2D eigenvalue weighted by molar-refractivity contribution is 6.13. The number of hydrogen-bond acceptors (Lipinski definition) is 3. The molecule has 0 aliphatic heterocycles. The molecule has 0 saturated heterocycles. The van der Waals surface area contributed by atoms with Crippen molar-refractivity contribution < 1.29 is 23.0 Å². The summed E-state index contributed by atoms with van der Waals surface area (Å²) in [4.78, 5) is 13.7. The average molecular weight is 537 g/mol. The van der Waals surface area contributed by atoms with Crippen LogP contribution in [0.2, 0.25) is 0 Å². The van der Waals surface area contributed by atoms with Crippen molar-refractivity contribution in [1.29, 1.82) is 0 Å². The first-order valence-corrected chi connectivity index (χ1v) is 13.4. The topological polar surface area (TPSA) is 35.5 Å². The van der Waals surface area contributed by atoms with Crippen LogP contribution in [0.1, 0.15) is 47.9 Å². The van der Waals surface area contributed by atoms with Crippen LogP contribution in [-0.2, 0) is 18.0 Å². The zero-order valence-corrected chi connectivity index (χ0v) is 22.1. The lowest BCUT2D eigenvalue weighted by atomic mass is 9.97. The Labute approximate surface area is 233 Å². The lowest BCUT2D eigenvalue weighted by molar-refractivity contribution is -0.112. The molecule has 1 aliphatic carbocycles. The third kappa shape index (κ3) is 6.73. The molecule has 5 rings (SSSR count). The van der Waals surface area contributed by atoms with Gasteiger partial charge in [0.2, 0.25) is 0 Å². The Morgan fingerprint density at radius 1 is 0.575 bits per heavy atom. The molecule has 0 heterocycles. The summed E-state index contributed by atoms with van der Waals surface area (Å²) in [6.45, 7) is 0.421. The van der Waals surface area contributed by atoms with Gasteiger partial charge in [-0.3, -0.25) is 4.79 Å². The molecule has 1 fully saturated rings. The van der Waals surface area contributed by atoms with Crippen molar-refractivity contribution in [1.82, 2.24) is 0 Å². The van der Waals surface area contributed by atoms with Crippen molar-refractivity contribution in [3.8, 4) is 11.5 Å². The molecule has 3 nitrogen and oxygen atoms in total. The van der Waals surface area contributed by atoms with Gasteiger partial charge < -0.3 is 9.47 Å². The number of carbonyl (C=O) groups excluding carboxylic acids is 1. The lowest BCUT2D eigenvalue weighted by Gasteiger charge is -2.13. The maximum atomic E-state index is 14.8. The lowest BCUT2D eigenvalue weighted by Crippen LogP contribution is -2.06. The van der Waals surface area contributed by atoms with Crippen molar-refractivity contribution in [2.24, 2.45) is 0 Å². The Morgan fingerprint density at radius 2 is 1.00 bits per heavy atom. The van der Waals surface area contributed by atoms with Gasteiger partial charge in [0.1, 0.15) is 13.2 Å². The summed E-state index contributed by atoms with van der Waals surface area (Å²) < 4.78 is 41.4. The van der Waals surface area contributed by atoms with Gasteiger partial charge in [-0.2, -0.15) is 0 Å². The van der Waals surface area contributed by atoms with Crippen LogP contribution in [0.4, 0.5) is 8.78 Å². The van der Waals surface area contributed by atoms with Crippen molar-refractivity contribution in [2.75, 3.05) is 0 Å². The molecule has 4 aromatic carbocycles. The molecule has 40 heavy (non-hydrogen) atoms. The summed E-state index contributed by atoms with van der Waals surface area (Å²) in [6, 6.07) is 28.5. The van der Waals surface area contributed by atoms with Gasteiger partial charge in [0.25, 0.3) is 0 Å². The number of carbonyl (C=O) groups is 1. The Morgan fingerprint density at radius 3 is 1.43 bits per heavy atom. The van der Waals surface area contributed by atoms with Gasteiger partial charge in [0.15, 0.2) is 28.9 Å². The van der Waals surface area contributed by atoms with E-state index in [-0.39, 0.29) is 30.5 Å². The second kappa shape index (κ2) is 13.0. The van der Waals surface area contributed by atoms with Gasteiger partial charge in [-0.15, -0.1) is 0 Å². The van der Waals surface area contributed by atoms with Crippen LogP contribution in [0.15, 0.2) is 108 Å². The molecule has 0 amide bonds. The number of hydrogen-bond donors (Lipinski definition) is 0. The fraction of sp³-hybridized carbons (Fsp3) is 0.171. The number of para-hydroxylation sites is 2. The predicted octanol–water partition coefficient (Wildman–Crippen LogP) is 8.73. The van der Waals surface area contributed by atoms with Gasteiger partial charge in [0.05, 0.1) is 0 Å². The molecule has 0 unspecified atom stereocenters. The van der Waals surface area contributed by atoms with Crippen molar-refractivity contribution in [2.45, 2.75) is 38.9 Å². The number of Topliss-reactive ketones (excluding diaryl/α,β-unsaturated/α-hetero) is 1. The minimum Gasteiger partial charge on any atom is -0.485 e. The quantitative estimate of drug-likeness (QED) is 0.167. The summed E-state index contributed by atoms with van der Waals surface area (Å²) in [6.07, 6.45) is 6.19. The Balaban J connectivity index is 1.42. The van der Waals surface area contributed by atoms with Crippen LogP contribution in [0.3, 0.4) is 0 Å². The highest BCUT2D eigenvalue weighted by Gasteiger charge is 2.21. The largest absolute Gasteiger partial charge is 0.485 e. The van der Waals surface area contributed by atoms with Crippen molar-refractivity contribution >= 4 is 17.9 Å². The van der Waals surface area contributed by atoms with E-state index < -0.39 is 11.6 Å². The predicted molar refractivity (Wildman–Crippen MR) is 154 cm³/mol. The maximum absolute atomic E-state index is 14.8. The van der Waals surface area contributed by atoms with Crippen LogP contribution in [-0.4, -0.2) is 5.78 Å². The van der Waals surface area contributed by atoms with Crippen LogP contribution >= 0.6 is 0 Å². The minimum absolute atomic E-state index is 0.114. The molecule has 0 aromatic heterocycles. The van der Waals surface area contributed by atoms with E-state index >= 15 is 0 Å². The summed E-state index contributed by atoms with van der Waals surface area (Å²) in [5, 5.41) is 0. The molecule has 1 aliphatic rings. The number of halogens is 2. The first-order valence-electron chi connectivity index (χ1n) is 13.4. The molecule has 0 bridgehead atoms. The number of benzene rings is 4. The monoisotopic (exact) mass is 536 g/mol. The van der Waals surface area contributed by atoms with Gasteiger partial charge in [0, 0.05) is 22.3 Å². The molecule has 1 saturated carbocycles. The molecule has 0 N–H and O–H groups in total. The van der Waals surface area contributed by atoms with Gasteiger partial charge in [-0.05, 0) is 61.1 Å². The normalized spacial score (nSPS) is 15.7. The summed E-state index contributed by atoms with van der Waals surface area (Å²) in [5.74, 6) is -0.871. The summed E-state index contributed by atoms with van der Waals surface area (Å²) in [7, 11) is 0. The molecular formula is C35H30F2O3. The number of rotatable bonds is 8. The fourth-order valence-corrected chi connectivity index (χ4v) is 4.76. The highest BCUT2D eigenvalue weighted by Crippen LogP contribution is 2.33. The third-order valence-corrected chi connectivity index (χ3v) is 6.83. The standard InChI is InChI=1S/C35H30F2O3/c36-31-19-9-17-29(34(31)39-23-25-11-3-1-4-12-25)21-27-15-7-8-16-28(33(27)38)22-30-18-10-20-32(37)35(30)40-24-26-13-5-2-6-14-26/h1-6,9-14,17-22H,7-8,15-16,23-24H2. The van der Waals surface area contributed by atoms with Crippen LogP contribution in [0.5, 0.6) is 11.5 Å². The second-order valence-electron chi connectivity index (χ2n) is 9.74.